The van der Waals surface area contributed by atoms with Crippen molar-refractivity contribution >= 4 is 40.7 Å². The summed E-state index contributed by atoms with van der Waals surface area (Å²) >= 11 is 0. The number of aliphatic imine (C=N–C) groups is 1. The van der Waals surface area contributed by atoms with Crippen molar-refractivity contribution in [3.63, 3.8) is 0 Å². The molecular formula is C31H31N5O4. The molecule has 1 saturated heterocycles. The smallest absolute Gasteiger partial charge is 0.321 e. The number of para-hydroxylation sites is 1. The van der Waals surface area contributed by atoms with Crippen LogP contribution in [0.15, 0.2) is 83.9 Å². The summed E-state index contributed by atoms with van der Waals surface area (Å²) in [4.78, 5) is 60.4. The molecule has 204 valence electrons. The summed E-state index contributed by atoms with van der Waals surface area (Å²) in [6.45, 7) is 3.63. The molecule has 9 heteroatoms. The molecular weight excluding hydrogens is 506 g/mol. The van der Waals surface area contributed by atoms with Gasteiger partial charge in [-0.3, -0.25) is 14.4 Å². The number of likely N-dealkylation sites (tertiary alicyclic amines) is 1. The normalized spacial score (nSPS) is 18.4. The largest absolute Gasteiger partial charge is 0.333 e. The molecule has 0 spiro atoms. The number of urea groups is 1. The van der Waals surface area contributed by atoms with Crippen LogP contribution in [0.4, 0.5) is 16.2 Å². The minimum Gasteiger partial charge on any atom is -0.333 e. The van der Waals surface area contributed by atoms with Gasteiger partial charge in [0.05, 0.1) is 24.0 Å². The van der Waals surface area contributed by atoms with E-state index < -0.39 is 24.1 Å². The third-order valence-electron chi connectivity index (χ3n) is 7.14. The average molecular weight is 538 g/mol. The minimum atomic E-state index is -1.30. The van der Waals surface area contributed by atoms with E-state index in [0.29, 0.717) is 35.6 Å². The van der Waals surface area contributed by atoms with Crippen LogP contribution in [0.5, 0.6) is 0 Å². The van der Waals surface area contributed by atoms with Crippen LogP contribution >= 0.6 is 0 Å². The lowest BCUT2D eigenvalue weighted by Crippen LogP contribution is -2.52. The van der Waals surface area contributed by atoms with E-state index in [1.54, 1.807) is 23.1 Å². The number of anilines is 2. The third kappa shape index (κ3) is 5.63. The summed E-state index contributed by atoms with van der Waals surface area (Å²) in [5, 5.41) is 5.47. The average Bonchev–Trinajstić information content (AvgIpc) is 3.41. The highest BCUT2D eigenvalue weighted by atomic mass is 16.2. The lowest BCUT2D eigenvalue weighted by atomic mass is 10.00. The van der Waals surface area contributed by atoms with Crippen molar-refractivity contribution in [2.24, 2.45) is 4.99 Å². The molecule has 9 nitrogen and oxygen atoms in total. The maximum absolute atomic E-state index is 14.0. The van der Waals surface area contributed by atoms with Crippen molar-refractivity contribution in [1.29, 1.82) is 0 Å². The molecule has 5 rings (SSSR count). The van der Waals surface area contributed by atoms with E-state index in [4.69, 9.17) is 4.99 Å². The highest BCUT2D eigenvalue weighted by Crippen LogP contribution is 2.29. The molecule has 2 heterocycles. The van der Waals surface area contributed by atoms with Crippen LogP contribution in [0.1, 0.15) is 36.5 Å². The maximum Gasteiger partial charge on any atom is 0.321 e. The predicted molar refractivity (Wildman–Crippen MR) is 153 cm³/mol. The Morgan fingerprint density at radius 1 is 0.975 bits per heavy atom. The topological polar surface area (TPSA) is 111 Å². The van der Waals surface area contributed by atoms with Gasteiger partial charge < -0.3 is 20.4 Å². The second-order valence-electron chi connectivity index (χ2n) is 9.99. The molecule has 0 radical (unpaired) electrons. The van der Waals surface area contributed by atoms with Gasteiger partial charge in [0.2, 0.25) is 12.1 Å². The predicted octanol–water partition coefficient (Wildman–Crippen LogP) is 3.91. The highest BCUT2D eigenvalue weighted by molar-refractivity contribution is 6.21. The molecule has 3 aromatic carbocycles. The zero-order valence-corrected chi connectivity index (χ0v) is 22.5. The van der Waals surface area contributed by atoms with Crippen LogP contribution in [0.3, 0.4) is 0 Å². The van der Waals surface area contributed by atoms with Crippen LogP contribution in [-0.2, 0) is 14.4 Å². The molecule has 0 bridgehead atoms. The molecule has 0 saturated carbocycles. The summed E-state index contributed by atoms with van der Waals surface area (Å²) in [5.74, 6) is -0.944. The zero-order valence-electron chi connectivity index (χ0n) is 22.5. The van der Waals surface area contributed by atoms with Gasteiger partial charge in [-0.2, -0.15) is 0 Å². The van der Waals surface area contributed by atoms with E-state index in [2.05, 4.69) is 10.6 Å². The Morgan fingerprint density at radius 2 is 1.73 bits per heavy atom. The SMILES string of the molecule is CC(=O)N1CCC[C@H]1C(=O)CN1C(=O)C(NC(=O)Nc2cccc(C)c2)N=C(c2ccccc2)c2ccccc21. The van der Waals surface area contributed by atoms with E-state index in [1.807, 2.05) is 67.6 Å². The number of nitrogens with one attached hydrogen (secondary N) is 2. The first kappa shape index (κ1) is 26.8. The van der Waals surface area contributed by atoms with E-state index in [9.17, 15) is 19.2 Å². The van der Waals surface area contributed by atoms with Crippen molar-refractivity contribution in [2.75, 3.05) is 23.3 Å². The second-order valence-corrected chi connectivity index (χ2v) is 9.99. The Balaban J connectivity index is 1.51. The Labute approximate surface area is 232 Å². The number of carbonyl (C=O) groups excluding carboxylic acids is 4. The van der Waals surface area contributed by atoms with Gasteiger partial charge >= 0.3 is 6.03 Å². The fraction of sp³-hybridized carbons (Fsp3) is 0.258. The van der Waals surface area contributed by atoms with Crippen molar-refractivity contribution < 1.29 is 19.2 Å². The van der Waals surface area contributed by atoms with Gasteiger partial charge in [-0.25, -0.2) is 9.79 Å². The molecule has 2 atom stereocenters. The number of hydrogen-bond acceptors (Lipinski definition) is 5. The summed E-state index contributed by atoms with van der Waals surface area (Å²) < 4.78 is 0. The first-order valence-corrected chi connectivity index (χ1v) is 13.3. The van der Waals surface area contributed by atoms with Gasteiger partial charge in [-0.05, 0) is 43.5 Å². The van der Waals surface area contributed by atoms with E-state index >= 15 is 0 Å². The number of fused-ring (bicyclic) bond motifs is 1. The molecule has 1 fully saturated rings. The van der Waals surface area contributed by atoms with Gasteiger partial charge in [-0.1, -0.05) is 60.7 Å². The Bertz CT molecular complexity index is 1490. The minimum absolute atomic E-state index is 0.166. The van der Waals surface area contributed by atoms with Crippen molar-refractivity contribution in [2.45, 2.75) is 38.9 Å². The van der Waals surface area contributed by atoms with Crippen LogP contribution in [0.2, 0.25) is 0 Å². The van der Waals surface area contributed by atoms with Crippen LogP contribution in [0, 0.1) is 6.92 Å². The number of nitrogens with zero attached hydrogens (tertiary/aromatic N) is 3. The summed E-state index contributed by atoms with van der Waals surface area (Å²) in [5.41, 5.74) is 4.00. The number of aryl methyl sites for hydroxylation is 1. The summed E-state index contributed by atoms with van der Waals surface area (Å²) in [6.07, 6.45) is -0.0211. The number of Topliss-reactive ketones (excluding diaryl/α,β-unsaturated/α-hetero) is 1. The van der Waals surface area contributed by atoms with E-state index in [0.717, 1.165) is 17.5 Å². The monoisotopic (exact) mass is 537 g/mol. The Morgan fingerprint density at radius 3 is 2.48 bits per heavy atom. The van der Waals surface area contributed by atoms with Crippen LogP contribution in [-0.4, -0.2) is 59.5 Å². The molecule has 1 unspecified atom stereocenters. The Kier molecular flexibility index (Phi) is 7.72. The molecule has 2 aliphatic heterocycles. The van der Waals surface area contributed by atoms with Gasteiger partial charge in [0.15, 0.2) is 5.78 Å². The highest BCUT2D eigenvalue weighted by Gasteiger charge is 2.38. The standard InChI is InChI=1S/C31H31N5O4/c1-20-10-8-13-23(18-20)32-31(40)34-29-30(39)36(19-27(38)26-16-9-17-35(26)21(2)37)25-15-7-6-14-24(25)28(33-29)22-11-4-3-5-12-22/h3-8,10-15,18,26,29H,9,16-17,19H2,1-2H3,(H2,32,34,40)/t26-,29?/m0/s1. The number of rotatable bonds is 6. The van der Waals surface area contributed by atoms with E-state index in [1.165, 1.54) is 11.8 Å². The molecule has 2 N–H and O–H groups in total. The van der Waals surface area contributed by atoms with Crippen LogP contribution < -0.4 is 15.5 Å². The number of hydrogen-bond donors (Lipinski definition) is 2. The fourth-order valence-electron chi connectivity index (χ4n) is 5.27. The van der Waals surface area contributed by atoms with Gasteiger partial charge in [0, 0.05) is 30.3 Å². The number of carbonyl (C=O) groups is 4. The molecule has 40 heavy (non-hydrogen) atoms. The molecule has 0 aromatic heterocycles. The summed E-state index contributed by atoms with van der Waals surface area (Å²) in [7, 11) is 0. The number of benzodiazepines with no additional fused rings is 1. The van der Waals surface area contributed by atoms with Gasteiger partial charge in [-0.15, -0.1) is 0 Å². The fourth-order valence-corrected chi connectivity index (χ4v) is 5.27. The molecule has 2 aliphatic rings. The first-order valence-electron chi connectivity index (χ1n) is 13.3. The number of ketones is 1. The molecule has 3 aromatic rings. The van der Waals surface area contributed by atoms with Gasteiger partial charge in [0.25, 0.3) is 5.91 Å². The van der Waals surface area contributed by atoms with Crippen molar-refractivity contribution in [3.8, 4) is 0 Å². The van der Waals surface area contributed by atoms with Crippen LogP contribution in [0.25, 0.3) is 0 Å². The lowest BCUT2D eigenvalue weighted by molar-refractivity contribution is -0.135. The van der Waals surface area contributed by atoms with Gasteiger partial charge in [0.1, 0.15) is 0 Å². The van der Waals surface area contributed by atoms with Crippen molar-refractivity contribution in [1.82, 2.24) is 10.2 Å². The molecule has 0 aliphatic carbocycles. The summed E-state index contributed by atoms with van der Waals surface area (Å²) in [6, 6.07) is 22.8. The molecule has 4 amide bonds. The zero-order chi connectivity index (χ0) is 28.2. The second kappa shape index (κ2) is 11.5. The Hall–Kier alpha value is -4.79. The number of benzene rings is 3. The third-order valence-corrected chi connectivity index (χ3v) is 7.14. The maximum atomic E-state index is 14.0. The first-order chi connectivity index (χ1) is 19.3. The number of amides is 4. The quantitative estimate of drug-likeness (QED) is 0.497. The van der Waals surface area contributed by atoms with Crippen molar-refractivity contribution in [3.05, 3.63) is 95.6 Å². The van der Waals surface area contributed by atoms with E-state index in [-0.39, 0.29) is 18.2 Å². The lowest BCUT2D eigenvalue weighted by Gasteiger charge is -2.28.